The van der Waals surface area contributed by atoms with Gasteiger partial charge in [-0.1, -0.05) is 146 Å². The Bertz CT molecular complexity index is 2800. The van der Waals surface area contributed by atoms with E-state index < -0.39 is 0 Å². The van der Waals surface area contributed by atoms with Crippen LogP contribution in [0.3, 0.4) is 0 Å². The Labute approximate surface area is 305 Å². The fourth-order valence-corrected chi connectivity index (χ4v) is 8.80. The van der Waals surface area contributed by atoms with Crippen LogP contribution in [0.5, 0.6) is 0 Å². The SMILES string of the molecule is c1ccc(-c2cc(-c3ccccc3)nc(-c3ccc(-n4c5ccccc5c5c6sc(-c7ccccc7)c(-c7ccccc7)c6ccc54)cc3)n2)cc1. The van der Waals surface area contributed by atoms with Gasteiger partial charge in [0.25, 0.3) is 0 Å². The third kappa shape index (κ3) is 5.12. The van der Waals surface area contributed by atoms with Crippen LogP contribution in [0.2, 0.25) is 0 Å². The van der Waals surface area contributed by atoms with Crippen molar-refractivity contribution in [1.29, 1.82) is 0 Å². The van der Waals surface area contributed by atoms with Gasteiger partial charge in [0.2, 0.25) is 0 Å². The molecule has 244 valence electrons. The molecule has 3 heterocycles. The van der Waals surface area contributed by atoms with Crippen LogP contribution in [0.15, 0.2) is 188 Å². The normalized spacial score (nSPS) is 11.5. The van der Waals surface area contributed by atoms with Crippen molar-refractivity contribution in [2.45, 2.75) is 0 Å². The second kappa shape index (κ2) is 12.6. The minimum atomic E-state index is 0.705. The highest BCUT2D eigenvalue weighted by molar-refractivity contribution is 7.24. The standard InChI is InChI=1S/C48H31N3S/c1-5-15-32(16-6-1)40-31-41(33-17-7-2-8-18-33)50-48(49-40)36-25-27-37(28-26-36)51-42-24-14-13-23-38(42)45-43(51)30-29-39-44(34-19-9-3-10-20-34)46(52-47(39)45)35-21-11-4-12-22-35/h1-31H. The minimum Gasteiger partial charge on any atom is -0.309 e. The van der Waals surface area contributed by atoms with Gasteiger partial charge in [-0.05, 0) is 53.6 Å². The molecule has 0 aliphatic heterocycles. The van der Waals surface area contributed by atoms with Crippen molar-refractivity contribution in [2.75, 3.05) is 0 Å². The van der Waals surface area contributed by atoms with Crippen molar-refractivity contribution >= 4 is 43.2 Å². The van der Waals surface area contributed by atoms with Gasteiger partial charge in [-0.2, -0.15) is 0 Å². The van der Waals surface area contributed by atoms with Crippen molar-refractivity contribution in [3.8, 4) is 61.2 Å². The van der Waals surface area contributed by atoms with E-state index in [1.165, 1.54) is 53.5 Å². The fourth-order valence-electron chi connectivity index (χ4n) is 7.42. The Kier molecular flexibility index (Phi) is 7.33. The predicted molar refractivity (Wildman–Crippen MR) is 219 cm³/mol. The summed E-state index contributed by atoms with van der Waals surface area (Å²) in [5.74, 6) is 0.705. The molecule has 4 heteroatoms. The van der Waals surface area contributed by atoms with E-state index in [-0.39, 0.29) is 0 Å². The molecule has 3 aromatic heterocycles. The van der Waals surface area contributed by atoms with Crippen LogP contribution in [0, 0.1) is 0 Å². The molecule has 0 atom stereocenters. The number of aromatic nitrogens is 3. The third-order valence-corrected chi connectivity index (χ3v) is 11.1. The summed E-state index contributed by atoms with van der Waals surface area (Å²) in [4.78, 5) is 11.4. The first kappa shape index (κ1) is 30.2. The summed E-state index contributed by atoms with van der Waals surface area (Å²) in [6.07, 6.45) is 0. The highest BCUT2D eigenvalue weighted by atomic mass is 32.1. The summed E-state index contributed by atoms with van der Waals surface area (Å²) < 4.78 is 3.70. The second-order valence-electron chi connectivity index (χ2n) is 13.0. The van der Waals surface area contributed by atoms with E-state index in [0.717, 1.165) is 33.8 Å². The Morgan fingerprint density at radius 3 is 1.56 bits per heavy atom. The molecule has 0 unspecified atom stereocenters. The van der Waals surface area contributed by atoms with Crippen LogP contribution in [0.4, 0.5) is 0 Å². The number of rotatable bonds is 6. The van der Waals surface area contributed by atoms with Gasteiger partial charge < -0.3 is 4.57 Å². The van der Waals surface area contributed by atoms with Crippen LogP contribution >= 0.6 is 11.3 Å². The van der Waals surface area contributed by atoms with Gasteiger partial charge in [0.1, 0.15) is 0 Å². The first-order valence-corrected chi connectivity index (χ1v) is 18.3. The van der Waals surface area contributed by atoms with Crippen molar-refractivity contribution in [2.24, 2.45) is 0 Å². The van der Waals surface area contributed by atoms with E-state index in [1.807, 2.05) is 23.5 Å². The molecular weight excluding hydrogens is 651 g/mol. The van der Waals surface area contributed by atoms with E-state index in [0.29, 0.717) is 5.82 Å². The molecule has 0 amide bonds. The maximum atomic E-state index is 5.07. The molecule has 10 rings (SSSR count). The zero-order chi connectivity index (χ0) is 34.4. The summed E-state index contributed by atoms with van der Waals surface area (Å²) in [5.41, 5.74) is 12.2. The molecule has 0 N–H and O–H groups in total. The molecule has 0 spiro atoms. The Morgan fingerprint density at radius 1 is 0.404 bits per heavy atom. The van der Waals surface area contributed by atoms with Crippen LogP contribution in [0.1, 0.15) is 0 Å². The monoisotopic (exact) mass is 681 g/mol. The number of hydrogen-bond donors (Lipinski definition) is 0. The Balaban J connectivity index is 1.15. The average molecular weight is 682 g/mol. The third-order valence-electron chi connectivity index (χ3n) is 9.84. The van der Waals surface area contributed by atoms with Crippen molar-refractivity contribution in [1.82, 2.24) is 14.5 Å². The first-order chi connectivity index (χ1) is 25.8. The van der Waals surface area contributed by atoms with E-state index in [4.69, 9.17) is 9.97 Å². The van der Waals surface area contributed by atoms with Crippen LogP contribution in [-0.2, 0) is 0 Å². The quantitative estimate of drug-likeness (QED) is 0.175. The molecular formula is C48H31N3S. The number of fused-ring (bicyclic) bond motifs is 5. The Morgan fingerprint density at radius 2 is 0.942 bits per heavy atom. The molecule has 0 aliphatic carbocycles. The van der Waals surface area contributed by atoms with E-state index >= 15 is 0 Å². The lowest BCUT2D eigenvalue weighted by Crippen LogP contribution is -1.97. The van der Waals surface area contributed by atoms with E-state index in [9.17, 15) is 0 Å². The van der Waals surface area contributed by atoms with Gasteiger partial charge >= 0.3 is 0 Å². The lowest BCUT2D eigenvalue weighted by atomic mass is 9.98. The number of hydrogen-bond acceptors (Lipinski definition) is 3. The summed E-state index contributed by atoms with van der Waals surface area (Å²) >= 11 is 1.89. The average Bonchev–Trinajstić information content (AvgIpc) is 3.78. The highest BCUT2D eigenvalue weighted by Crippen LogP contribution is 2.49. The van der Waals surface area contributed by atoms with Crippen LogP contribution in [0.25, 0.3) is 93.0 Å². The number of thiophene rings is 1. The summed E-state index contributed by atoms with van der Waals surface area (Å²) in [5, 5.41) is 3.82. The maximum Gasteiger partial charge on any atom is 0.160 e. The van der Waals surface area contributed by atoms with E-state index in [1.54, 1.807) is 0 Å². The maximum absolute atomic E-state index is 5.07. The summed E-state index contributed by atoms with van der Waals surface area (Å²) in [6.45, 7) is 0. The topological polar surface area (TPSA) is 30.7 Å². The number of nitrogens with zero attached hydrogens (tertiary/aromatic N) is 3. The molecule has 0 fully saturated rings. The molecule has 0 bridgehead atoms. The number of para-hydroxylation sites is 1. The smallest absolute Gasteiger partial charge is 0.160 e. The highest BCUT2D eigenvalue weighted by Gasteiger charge is 2.21. The zero-order valence-electron chi connectivity index (χ0n) is 28.1. The van der Waals surface area contributed by atoms with Crippen LogP contribution in [-0.4, -0.2) is 14.5 Å². The van der Waals surface area contributed by atoms with Gasteiger partial charge in [-0.15, -0.1) is 11.3 Å². The summed E-state index contributed by atoms with van der Waals surface area (Å²) in [7, 11) is 0. The zero-order valence-corrected chi connectivity index (χ0v) is 29.0. The van der Waals surface area contributed by atoms with Crippen molar-refractivity contribution in [3.05, 3.63) is 188 Å². The number of benzene rings is 7. The van der Waals surface area contributed by atoms with Crippen molar-refractivity contribution in [3.63, 3.8) is 0 Å². The Hall–Kier alpha value is -6.62. The largest absolute Gasteiger partial charge is 0.309 e. The predicted octanol–water partition coefficient (Wildman–Crippen LogP) is 13.1. The van der Waals surface area contributed by atoms with Crippen LogP contribution < -0.4 is 0 Å². The lowest BCUT2D eigenvalue weighted by molar-refractivity contribution is 1.16. The molecule has 0 saturated heterocycles. The second-order valence-corrected chi connectivity index (χ2v) is 14.0. The van der Waals surface area contributed by atoms with Crippen molar-refractivity contribution < 1.29 is 0 Å². The van der Waals surface area contributed by atoms with Gasteiger partial charge in [0.05, 0.1) is 22.4 Å². The molecule has 3 nitrogen and oxygen atoms in total. The van der Waals surface area contributed by atoms with Gasteiger partial charge in [-0.3, -0.25) is 0 Å². The van der Waals surface area contributed by atoms with Gasteiger partial charge in [-0.25, -0.2) is 9.97 Å². The van der Waals surface area contributed by atoms with Gasteiger partial charge in [0, 0.05) is 53.7 Å². The van der Waals surface area contributed by atoms with Gasteiger partial charge in [0.15, 0.2) is 5.82 Å². The minimum absolute atomic E-state index is 0.705. The molecule has 0 saturated carbocycles. The first-order valence-electron chi connectivity index (χ1n) is 17.5. The molecule has 52 heavy (non-hydrogen) atoms. The lowest BCUT2D eigenvalue weighted by Gasteiger charge is -2.11. The molecule has 0 radical (unpaired) electrons. The molecule has 10 aromatic rings. The van der Waals surface area contributed by atoms with E-state index in [2.05, 4.69) is 180 Å². The molecule has 7 aromatic carbocycles. The fraction of sp³-hybridized carbons (Fsp3) is 0. The summed E-state index contributed by atoms with van der Waals surface area (Å²) in [6, 6.07) is 66.5. The molecule has 0 aliphatic rings.